The number of aliphatic hydroxyl groups excluding tert-OH is 1. The summed E-state index contributed by atoms with van der Waals surface area (Å²) >= 11 is 0. The Balaban J connectivity index is 1.54. The lowest BCUT2D eigenvalue weighted by Gasteiger charge is -2.38. The van der Waals surface area contributed by atoms with Gasteiger partial charge in [-0.1, -0.05) is 6.92 Å². The highest BCUT2D eigenvalue weighted by molar-refractivity contribution is 6.02. The van der Waals surface area contributed by atoms with Gasteiger partial charge in [0.25, 0.3) is 5.91 Å². The number of methoxy groups -OCH3 is 1. The number of urea groups is 1. The number of nitrogens with one attached hydrogen (secondary N) is 2. The molecule has 1 aromatic heterocycles. The molecule has 0 bridgehead atoms. The fraction of sp³-hybridized carbons (Fsp3) is 0.367. The van der Waals surface area contributed by atoms with Crippen LogP contribution in [-0.4, -0.2) is 77.8 Å². The lowest BCUT2D eigenvalue weighted by molar-refractivity contribution is 0.0341. The third-order valence-electron chi connectivity index (χ3n) is 6.96. The summed E-state index contributed by atoms with van der Waals surface area (Å²) < 4.78 is 11.6. The summed E-state index contributed by atoms with van der Waals surface area (Å²) in [6.07, 6.45) is 3.33. The molecule has 0 saturated carbocycles. The van der Waals surface area contributed by atoms with Crippen LogP contribution in [0.3, 0.4) is 0 Å². The number of nitrogens with zero attached hydrogens (tertiary/aromatic N) is 3. The van der Waals surface area contributed by atoms with Crippen LogP contribution < -0.4 is 20.1 Å². The number of aliphatic hydroxyl groups is 1. The number of likely N-dealkylation sites (N-methyl/N-ethyl adjacent to an activating group) is 1. The van der Waals surface area contributed by atoms with Crippen LogP contribution in [0, 0.1) is 5.92 Å². The number of benzene rings is 2. The molecule has 2 aromatic carbocycles. The smallest absolute Gasteiger partial charge is 0.323 e. The molecule has 10 nitrogen and oxygen atoms in total. The lowest BCUT2D eigenvalue weighted by Crippen LogP contribution is -2.49. The number of hydrogen-bond donors (Lipinski definition) is 3. The van der Waals surface area contributed by atoms with Crippen molar-refractivity contribution in [2.75, 3.05) is 44.5 Å². The number of anilines is 2. The average molecular weight is 548 g/mol. The van der Waals surface area contributed by atoms with Gasteiger partial charge in [0, 0.05) is 49.3 Å². The van der Waals surface area contributed by atoms with E-state index >= 15 is 0 Å². The van der Waals surface area contributed by atoms with Crippen LogP contribution >= 0.6 is 0 Å². The molecule has 0 unspecified atom stereocenters. The predicted octanol–water partition coefficient (Wildman–Crippen LogP) is 4.09. The Morgan fingerprint density at radius 3 is 2.50 bits per heavy atom. The van der Waals surface area contributed by atoms with Gasteiger partial charge in [0.1, 0.15) is 17.6 Å². The van der Waals surface area contributed by atoms with Gasteiger partial charge in [-0.25, -0.2) is 4.79 Å². The zero-order valence-corrected chi connectivity index (χ0v) is 23.3. The number of rotatable bonds is 9. The van der Waals surface area contributed by atoms with Gasteiger partial charge in [0.05, 0.1) is 25.3 Å². The first kappa shape index (κ1) is 28.8. The Bertz CT molecular complexity index is 1290. The Kier molecular flexibility index (Phi) is 9.57. The molecule has 0 radical (unpaired) electrons. The van der Waals surface area contributed by atoms with Gasteiger partial charge in [-0.05, 0) is 74.1 Å². The van der Waals surface area contributed by atoms with Crippen LogP contribution in [0.5, 0.6) is 11.5 Å². The number of carbonyl (C=O) groups excluding carboxylic acids is 2. The van der Waals surface area contributed by atoms with Crippen LogP contribution in [0.2, 0.25) is 0 Å². The summed E-state index contributed by atoms with van der Waals surface area (Å²) in [4.78, 5) is 34.3. The van der Waals surface area contributed by atoms with Crippen molar-refractivity contribution in [1.82, 2.24) is 14.8 Å². The molecule has 1 aliphatic heterocycles. The van der Waals surface area contributed by atoms with Gasteiger partial charge in [0.2, 0.25) is 0 Å². The highest BCUT2D eigenvalue weighted by Gasteiger charge is 2.33. The van der Waals surface area contributed by atoms with Crippen molar-refractivity contribution in [3.05, 3.63) is 78.1 Å². The van der Waals surface area contributed by atoms with Gasteiger partial charge in [-0.3, -0.25) is 14.7 Å². The number of aromatic nitrogens is 1. The minimum atomic E-state index is -0.450. The molecule has 3 atom stereocenters. The maximum atomic E-state index is 13.7. The minimum absolute atomic E-state index is 0.000865. The molecule has 3 N–H and O–H groups in total. The molecule has 0 aliphatic carbocycles. The Morgan fingerprint density at radius 1 is 1.15 bits per heavy atom. The monoisotopic (exact) mass is 547 g/mol. The first-order valence-electron chi connectivity index (χ1n) is 13.3. The van der Waals surface area contributed by atoms with Crippen molar-refractivity contribution in [1.29, 1.82) is 0 Å². The second-order valence-electron chi connectivity index (χ2n) is 10.2. The minimum Gasteiger partial charge on any atom is -0.497 e. The Labute approximate surface area is 234 Å². The highest BCUT2D eigenvalue weighted by Crippen LogP contribution is 2.31. The van der Waals surface area contributed by atoms with E-state index < -0.39 is 6.03 Å². The van der Waals surface area contributed by atoms with Gasteiger partial charge in [-0.2, -0.15) is 0 Å². The summed E-state index contributed by atoms with van der Waals surface area (Å²) in [6, 6.07) is 15.1. The van der Waals surface area contributed by atoms with E-state index in [1.807, 2.05) is 26.1 Å². The number of hydrogen-bond acceptors (Lipinski definition) is 7. The number of ether oxygens (including phenoxy) is 2. The summed E-state index contributed by atoms with van der Waals surface area (Å²) in [5.74, 6) is 0.865. The lowest BCUT2D eigenvalue weighted by atomic mass is 9.99. The van der Waals surface area contributed by atoms with Crippen molar-refractivity contribution in [2.24, 2.45) is 5.92 Å². The number of carbonyl (C=O) groups is 2. The van der Waals surface area contributed by atoms with Crippen LogP contribution in [0.4, 0.5) is 16.2 Å². The molecule has 4 rings (SSSR count). The number of pyridine rings is 1. The second kappa shape index (κ2) is 13.3. The Hall–Kier alpha value is -4.15. The quantitative estimate of drug-likeness (QED) is 0.370. The van der Waals surface area contributed by atoms with E-state index in [0.29, 0.717) is 41.5 Å². The fourth-order valence-electron chi connectivity index (χ4n) is 4.66. The summed E-state index contributed by atoms with van der Waals surface area (Å²) in [5.41, 5.74) is 2.51. The standard InChI is InChI=1S/C30H37N5O5/c1-20-16-35(21(2)19-36)29(37)26-15-24(33-30(38)32-23-5-8-25(39-4)9-6-23)7-10-27(26)40-28(20)18-34(3)17-22-11-13-31-14-12-22/h5-15,20-21,28,36H,16-19H2,1-4H3,(H2,32,33,38)/t20-,21+,28-/m0/s1. The zero-order chi connectivity index (χ0) is 28.6. The Morgan fingerprint density at radius 2 is 1.82 bits per heavy atom. The third kappa shape index (κ3) is 7.28. The number of fused-ring (bicyclic) bond motifs is 1. The highest BCUT2D eigenvalue weighted by atomic mass is 16.5. The van der Waals surface area contributed by atoms with E-state index in [0.717, 1.165) is 12.1 Å². The van der Waals surface area contributed by atoms with Crippen LogP contribution in [0.25, 0.3) is 0 Å². The molecule has 212 valence electrons. The van der Waals surface area contributed by atoms with Crippen LogP contribution in [0.1, 0.15) is 29.8 Å². The summed E-state index contributed by atoms with van der Waals surface area (Å²) in [7, 11) is 3.61. The predicted molar refractivity (Wildman–Crippen MR) is 154 cm³/mol. The molecule has 1 aliphatic rings. The van der Waals surface area contributed by atoms with E-state index in [-0.39, 0.29) is 30.6 Å². The molecule has 3 amide bonds. The largest absolute Gasteiger partial charge is 0.497 e. The maximum absolute atomic E-state index is 13.7. The second-order valence-corrected chi connectivity index (χ2v) is 10.2. The summed E-state index contributed by atoms with van der Waals surface area (Å²) in [6.45, 7) is 5.49. The van der Waals surface area contributed by atoms with Crippen molar-refractivity contribution in [2.45, 2.75) is 32.5 Å². The van der Waals surface area contributed by atoms with Crippen LogP contribution in [-0.2, 0) is 6.54 Å². The molecule has 0 fully saturated rings. The van der Waals surface area contributed by atoms with Crippen LogP contribution in [0.15, 0.2) is 67.0 Å². The van der Waals surface area contributed by atoms with Crippen molar-refractivity contribution < 1.29 is 24.2 Å². The maximum Gasteiger partial charge on any atom is 0.323 e. The van der Waals surface area contributed by atoms with Gasteiger partial charge in [0.15, 0.2) is 0 Å². The van der Waals surface area contributed by atoms with E-state index in [9.17, 15) is 14.7 Å². The van der Waals surface area contributed by atoms with Gasteiger partial charge in [-0.15, -0.1) is 0 Å². The van der Waals surface area contributed by atoms with Crippen molar-refractivity contribution in [3.8, 4) is 11.5 Å². The fourth-order valence-corrected chi connectivity index (χ4v) is 4.66. The first-order valence-corrected chi connectivity index (χ1v) is 13.3. The molecule has 2 heterocycles. The molecule has 10 heteroatoms. The van der Waals surface area contributed by atoms with Crippen molar-refractivity contribution >= 4 is 23.3 Å². The molecule has 40 heavy (non-hydrogen) atoms. The molecule has 3 aromatic rings. The van der Waals surface area contributed by atoms with Gasteiger partial charge >= 0.3 is 6.03 Å². The zero-order valence-electron chi connectivity index (χ0n) is 23.3. The van der Waals surface area contributed by atoms with E-state index in [1.54, 1.807) is 66.9 Å². The van der Waals surface area contributed by atoms with E-state index in [2.05, 4.69) is 27.4 Å². The normalized spacial score (nSPS) is 17.8. The van der Waals surface area contributed by atoms with E-state index in [4.69, 9.17) is 9.47 Å². The third-order valence-corrected chi connectivity index (χ3v) is 6.96. The number of amides is 3. The molecule has 0 saturated heterocycles. The molecular weight excluding hydrogens is 510 g/mol. The summed E-state index contributed by atoms with van der Waals surface area (Å²) in [5, 5.41) is 15.5. The molecular formula is C30H37N5O5. The molecule has 0 spiro atoms. The topological polar surface area (TPSA) is 116 Å². The van der Waals surface area contributed by atoms with E-state index in [1.165, 1.54) is 0 Å². The van der Waals surface area contributed by atoms with Gasteiger partial charge < -0.3 is 30.1 Å². The first-order chi connectivity index (χ1) is 19.3. The average Bonchev–Trinajstić information content (AvgIpc) is 2.95. The SMILES string of the molecule is COc1ccc(NC(=O)Nc2ccc3c(c2)C(=O)N([C@H](C)CO)C[C@H](C)[C@H](CN(C)Cc2ccncc2)O3)cc1. The van der Waals surface area contributed by atoms with Crippen molar-refractivity contribution in [3.63, 3.8) is 0 Å².